The third-order valence-corrected chi connectivity index (χ3v) is 4.11. The standard InChI is InChI=1S/C17H25NO/c1-2-18(13-15-9-5-3-6-10-15)14-16-11-7-4-8-12-17(16)19/h3,5-6,9-10,16H,2,4,7-8,11-14H2,1H3. The predicted octanol–water partition coefficient (Wildman–Crippen LogP) is 3.66. The minimum absolute atomic E-state index is 0.270. The third-order valence-electron chi connectivity index (χ3n) is 4.11. The van der Waals surface area contributed by atoms with Crippen LogP contribution in [0, 0.1) is 5.92 Å². The second kappa shape index (κ2) is 7.44. The van der Waals surface area contributed by atoms with Gasteiger partial charge in [-0.1, -0.05) is 50.1 Å². The molecule has 0 aliphatic heterocycles. The molecule has 1 atom stereocenters. The second-order valence-electron chi connectivity index (χ2n) is 5.58. The summed E-state index contributed by atoms with van der Waals surface area (Å²) in [6.07, 6.45) is 5.43. The maximum absolute atomic E-state index is 12.1. The summed E-state index contributed by atoms with van der Waals surface area (Å²) >= 11 is 0. The normalized spacial score (nSPS) is 20.5. The van der Waals surface area contributed by atoms with Crippen molar-refractivity contribution in [3.8, 4) is 0 Å². The minimum Gasteiger partial charge on any atom is -0.299 e. The Balaban J connectivity index is 1.92. The van der Waals surface area contributed by atoms with Gasteiger partial charge in [-0.3, -0.25) is 9.69 Å². The van der Waals surface area contributed by atoms with E-state index in [1.165, 1.54) is 18.4 Å². The molecular weight excluding hydrogens is 234 g/mol. The monoisotopic (exact) mass is 259 g/mol. The number of rotatable bonds is 5. The number of benzene rings is 1. The Bertz CT molecular complexity index is 388. The van der Waals surface area contributed by atoms with E-state index in [4.69, 9.17) is 0 Å². The lowest BCUT2D eigenvalue weighted by molar-refractivity contribution is -0.123. The van der Waals surface area contributed by atoms with Crippen molar-refractivity contribution < 1.29 is 4.79 Å². The van der Waals surface area contributed by atoms with Crippen LogP contribution in [-0.4, -0.2) is 23.8 Å². The Labute approximate surface area is 116 Å². The van der Waals surface area contributed by atoms with E-state index in [1.807, 2.05) is 0 Å². The number of ketones is 1. The van der Waals surface area contributed by atoms with Crippen LogP contribution in [0.25, 0.3) is 0 Å². The average molecular weight is 259 g/mol. The zero-order chi connectivity index (χ0) is 13.5. The molecule has 2 nitrogen and oxygen atoms in total. The van der Waals surface area contributed by atoms with Gasteiger partial charge in [-0.2, -0.15) is 0 Å². The molecule has 2 heteroatoms. The van der Waals surface area contributed by atoms with Crippen LogP contribution in [0.1, 0.15) is 44.6 Å². The van der Waals surface area contributed by atoms with Gasteiger partial charge in [0.1, 0.15) is 5.78 Å². The number of Topliss-reactive ketones (excluding diaryl/α,β-unsaturated/α-hetero) is 1. The van der Waals surface area contributed by atoms with Gasteiger partial charge in [-0.15, -0.1) is 0 Å². The van der Waals surface area contributed by atoms with Crippen LogP contribution in [0.2, 0.25) is 0 Å². The Morgan fingerprint density at radius 1 is 1.16 bits per heavy atom. The van der Waals surface area contributed by atoms with Crippen LogP contribution in [-0.2, 0) is 11.3 Å². The van der Waals surface area contributed by atoms with Gasteiger partial charge in [0.15, 0.2) is 0 Å². The summed E-state index contributed by atoms with van der Waals surface area (Å²) < 4.78 is 0. The molecule has 2 rings (SSSR count). The van der Waals surface area contributed by atoms with Crippen molar-refractivity contribution in [3.63, 3.8) is 0 Å². The van der Waals surface area contributed by atoms with Crippen LogP contribution in [0.3, 0.4) is 0 Å². The Morgan fingerprint density at radius 2 is 1.95 bits per heavy atom. The number of hydrogen-bond donors (Lipinski definition) is 0. The zero-order valence-electron chi connectivity index (χ0n) is 12.0. The second-order valence-corrected chi connectivity index (χ2v) is 5.58. The van der Waals surface area contributed by atoms with Crippen molar-refractivity contribution in [1.82, 2.24) is 4.90 Å². The molecule has 1 unspecified atom stereocenters. The summed E-state index contributed by atoms with van der Waals surface area (Å²) in [5.74, 6) is 0.759. The summed E-state index contributed by atoms with van der Waals surface area (Å²) in [6, 6.07) is 10.5. The first kappa shape index (κ1) is 14.3. The van der Waals surface area contributed by atoms with Crippen LogP contribution in [0.4, 0.5) is 0 Å². The first-order chi connectivity index (χ1) is 9.29. The lowest BCUT2D eigenvalue weighted by Gasteiger charge is -2.25. The fourth-order valence-electron chi connectivity index (χ4n) is 2.88. The average Bonchev–Trinajstić information content (AvgIpc) is 2.64. The molecule has 1 aromatic rings. The molecule has 19 heavy (non-hydrogen) atoms. The van der Waals surface area contributed by atoms with E-state index in [2.05, 4.69) is 42.2 Å². The molecule has 0 radical (unpaired) electrons. The summed E-state index contributed by atoms with van der Waals surface area (Å²) in [6.45, 7) is 5.09. The molecule has 104 valence electrons. The predicted molar refractivity (Wildman–Crippen MR) is 79.0 cm³/mol. The van der Waals surface area contributed by atoms with Gasteiger partial charge in [-0.05, 0) is 24.9 Å². The van der Waals surface area contributed by atoms with Gasteiger partial charge in [0.2, 0.25) is 0 Å². The van der Waals surface area contributed by atoms with Crippen molar-refractivity contribution in [2.75, 3.05) is 13.1 Å². The molecule has 1 aromatic carbocycles. The number of hydrogen-bond acceptors (Lipinski definition) is 2. The molecule has 0 spiro atoms. The summed E-state index contributed by atoms with van der Waals surface area (Å²) in [7, 11) is 0. The van der Waals surface area contributed by atoms with Gasteiger partial charge in [-0.25, -0.2) is 0 Å². The molecule has 1 aliphatic carbocycles. The minimum atomic E-state index is 0.270. The maximum Gasteiger partial charge on any atom is 0.137 e. The number of nitrogens with zero attached hydrogens (tertiary/aromatic N) is 1. The Morgan fingerprint density at radius 3 is 2.68 bits per heavy atom. The van der Waals surface area contributed by atoms with Gasteiger partial charge in [0, 0.05) is 25.4 Å². The highest BCUT2D eigenvalue weighted by atomic mass is 16.1. The zero-order valence-corrected chi connectivity index (χ0v) is 12.0. The van der Waals surface area contributed by atoms with E-state index in [0.29, 0.717) is 5.78 Å². The van der Waals surface area contributed by atoms with E-state index >= 15 is 0 Å². The molecule has 0 bridgehead atoms. The topological polar surface area (TPSA) is 20.3 Å². The number of carbonyl (C=O) groups excluding carboxylic acids is 1. The van der Waals surface area contributed by atoms with E-state index in [1.54, 1.807) is 0 Å². The van der Waals surface area contributed by atoms with Crippen molar-refractivity contribution in [2.45, 2.75) is 45.6 Å². The van der Waals surface area contributed by atoms with Crippen molar-refractivity contribution in [1.29, 1.82) is 0 Å². The van der Waals surface area contributed by atoms with Crippen LogP contribution in [0.15, 0.2) is 30.3 Å². The van der Waals surface area contributed by atoms with Crippen molar-refractivity contribution in [2.24, 2.45) is 5.92 Å². The molecule has 1 aliphatic rings. The molecule has 1 saturated carbocycles. The molecular formula is C17H25NO. The highest BCUT2D eigenvalue weighted by Crippen LogP contribution is 2.21. The SMILES string of the molecule is CCN(Cc1ccccc1)CC1CCCCCC1=O. The van der Waals surface area contributed by atoms with Crippen molar-refractivity contribution >= 4 is 5.78 Å². The van der Waals surface area contributed by atoms with Gasteiger partial charge in [0.25, 0.3) is 0 Å². The summed E-state index contributed by atoms with van der Waals surface area (Å²) in [5, 5.41) is 0. The van der Waals surface area contributed by atoms with E-state index in [9.17, 15) is 4.79 Å². The quantitative estimate of drug-likeness (QED) is 0.752. The Kier molecular flexibility index (Phi) is 5.59. The largest absolute Gasteiger partial charge is 0.299 e. The van der Waals surface area contributed by atoms with Crippen LogP contribution < -0.4 is 0 Å². The molecule has 1 fully saturated rings. The first-order valence-electron chi connectivity index (χ1n) is 7.58. The Hall–Kier alpha value is -1.15. The molecule has 0 heterocycles. The van der Waals surface area contributed by atoms with Crippen LogP contribution in [0.5, 0.6) is 0 Å². The molecule has 0 amide bonds. The van der Waals surface area contributed by atoms with Crippen LogP contribution >= 0.6 is 0 Å². The lowest BCUT2D eigenvalue weighted by Crippen LogP contribution is -2.32. The fourth-order valence-corrected chi connectivity index (χ4v) is 2.88. The van der Waals surface area contributed by atoms with Crippen molar-refractivity contribution in [3.05, 3.63) is 35.9 Å². The summed E-state index contributed by atoms with van der Waals surface area (Å²) in [4.78, 5) is 14.5. The van der Waals surface area contributed by atoms with E-state index in [-0.39, 0.29) is 5.92 Å². The number of carbonyl (C=O) groups is 1. The maximum atomic E-state index is 12.1. The van der Waals surface area contributed by atoms with Gasteiger partial charge < -0.3 is 0 Å². The lowest BCUT2D eigenvalue weighted by atomic mass is 9.98. The smallest absolute Gasteiger partial charge is 0.137 e. The van der Waals surface area contributed by atoms with E-state index in [0.717, 1.165) is 38.9 Å². The van der Waals surface area contributed by atoms with Gasteiger partial charge in [0.05, 0.1) is 0 Å². The molecule has 0 saturated heterocycles. The molecule has 0 aromatic heterocycles. The van der Waals surface area contributed by atoms with Gasteiger partial charge >= 0.3 is 0 Å². The fraction of sp³-hybridized carbons (Fsp3) is 0.588. The highest BCUT2D eigenvalue weighted by molar-refractivity contribution is 5.81. The molecule has 0 N–H and O–H groups in total. The third kappa shape index (κ3) is 4.46. The van der Waals surface area contributed by atoms with E-state index < -0.39 is 0 Å². The highest BCUT2D eigenvalue weighted by Gasteiger charge is 2.22. The summed E-state index contributed by atoms with van der Waals surface area (Å²) in [5.41, 5.74) is 1.34. The first-order valence-corrected chi connectivity index (χ1v) is 7.58.